The van der Waals surface area contributed by atoms with E-state index in [-0.39, 0.29) is 10.8 Å². The van der Waals surface area contributed by atoms with Crippen molar-refractivity contribution in [2.75, 3.05) is 0 Å². The summed E-state index contributed by atoms with van der Waals surface area (Å²) >= 11 is 0. The van der Waals surface area contributed by atoms with E-state index < -0.39 is 0 Å². The molecule has 0 saturated heterocycles. The van der Waals surface area contributed by atoms with Crippen molar-refractivity contribution in [1.82, 2.24) is 4.98 Å². The molecule has 0 amide bonds. The molecule has 0 saturated carbocycles. The molecule has 0 N–H and O–H groups in total. The highest BCUT2D eigenvalue weighted by Gasteiger charge is 2.26. The second-order valence-corrected chi connectivity index (χ2v) is 12.5. The first kappa shape index (κ1) is 22.3. The third kappa shape index (κ3) is 3.28. The van der Waals surface area contributed by atoms with E-state index in [2.05, 4.69) is 114 Å². The summed E-state index contributed by atoms with van der Waals surface area (Å²) in [5.41, 5.74) is 4.89. The molecule has 2 heteroatoms. The van der Waals surface area contributed by atoms with Gasteiger partial charge in [0.1, 0.15) is 11.5 Å². The van der Waals surface area contributed by atoms with Gasteiger partial charge in [-0.25, -0.2) is 0 Å². The molecule has 0 atom stereocenters. The van der Waals surface area contributed by atoms with Gasteiger partial charge in [0.05, 0.1) is 11.1 Å². The fraction of sp³-hybridized carbons (Fsp3) is 0.229. The number of ether oxygens (including phenoxy) is 1. The molecule has 0 unspecified atom stereocenters. The molecule has 0 spiro atoms. The highest BCUT2D eigenvalue weighted by atomic mass is 16.5. The van der Waals surface area contributed by atoms with Crippen LogP contribution in [0.25, 0.3) is 54.3 Å². The number of fused-ring (bicyclic) bond motifs is 7. The number of hydrogen-bond acceptors (Lipinski definition) is 2. The summed E-state index contributed by atoms with van der Waals surface area (Å²) in [5, 5.41) is 9.75. The van der Waals surface area contributed by atoms with Crippen LogP contribution < -0.4 is 4.74 Å². The van der Waals surface area contributed by atoms with Gasteiger partial charge in [-0.2, -0.15) is 0 Å². The van der Waals surface area contributed by atoms with E-state index in [1.807, 2.05) is 6.20 Å². The number of hydrogen-bond donors (Lipinski definition) is 0. The molecule has 2 nitrogen and oxygen atoms in total. The summed E-state index contributed by atoms with van der Waals surface area (Å²) in [4.78, 5) is 4.87. The molecule has 37 heavy (non-hydrogen) atoms. The molecule has 1 aliphatic rings. The quantitative estimate of drug-likeness (QED) is 0.201. The SMILES string of the molecule is CC(C)(C)c1cc(C(C)(C)C)c2ccc3c4ccnc5c4c(cc3c2c1)Oc1cc2ccccc2cc1-5. The van der Waals surface area contributed by atoms with E-state index in [9.17, 15) is 0 Å². The summed E-state index contributed by atoms with van der Waals surface area (Å²) in [6, 6.07) is 26.6. The van der Waals surface area contributed by atoms with Crippen LogP contribution >= 0.6 is 0 Å². The van der Waals surface area contributed by atoms with Crippen molar-refractivity contribution in [1.29, 1.82) is 0 Å². The zero-order chi connectivity index (χ0) is 25.7. The predicted octanol–water partition coefficient (Wildman–Crippen LogP) is 10.1. The van der Waals surface area contributed by atoms with Crippen LogP contribution in [0.1, 0.15) is 52.7 Å². The number of aromatic nitrogens is 1. The van der Waals surface area contributed by atoms with Crippen molar-refractivity contribution < 1.29 is 4.74 Å². The Kier molecular flexibility index (Phi) is 4.41. The van der Waals surface area contributed by atoms with Crippen molar-refractivity contribution >= 4 is 43.1 Å². The van der Waals surface area contributed by atoms with E-state index in [0.717, 1.165) is 28.1 Å². The molecule has 6 aromatic rings. The standard InChI is InChI=1S/C35H31NO/c1-34(2,3)22-17-26-24(29(18-22)35(4,5)6)12-11-23-25-13-14-36-33-28-15-20-9-7-8-10-21(20)16-30(28)37-31(32(25)33)19-27(23)26/h7-19H,1-6H3. The molecule has 5 aromatic carbocycles. The summed E-state index contributed by atoms with van der Waals surface area (Å²) in [6.45, 7) is 13.8. The molecular weight excluding hydrogens is 450 g/mol. The predicted molar refractivity (Wildman–Crippen MR) is 157 cm³/mol. The molecule has 2 heterocycles. The second-order valence-electron chi connectivity index (χ2n) is 12.5. The Labute approximate surface area is 217 Å². The molecule has 1 aliphatic heterocycles. The third-order valence-corrected chi connectivity index (χ3v) is 7.94. The van der Waals surface area contributed by atoms with Crippen molar-refractivity contribution in [3.8, 4) is 22.8 Å². The van der Waals surface area contributed by atoms with Gasteiger partial charge in [-0.05, 0) is 90.0 Å². The van der Waals surface area contributed by atoms with Crippen LogP contribution in [0.3, 0.4) is 0 Å². The van der Waals surface area contributed by atoms with Crippen LogP contribution in [0.5, 0.6) is 11.5 Å². The monoisotopic (exact) mass is 481 g/mol. The largest absolute Gasteiger partial charge is 0.456 e. The molecule has 0 bridgehead atoms. The van der Waals surface area contributed by atoms with Crippen molar-refractivity contribution in [2.45, 2.75) is 52.4 Å². The van der Waals surface area contributed by atoms with E-state index in [1.165, 1.54) is 48.8 Å². The fourth-order valence-corrected chi connectivity index (χ4v) is 5.93. The topological polar surface area (TPSA) is 22.1 Å². The minimum absolute atomic E-state index is 0.0336. The van der Waals surface area contributed by atoms with Crippen molar-refractivity contribution in [3.63, 3.8) is 0 Å². The Bertz CT molecular complexity index is 1920. The van der Waals surface area contributed by atoms with Crippen LogP contribution in [0.4, 0.5) is 0 Å². The van der Waals surface area contributed by atoms with E-state index >= 15 is 0 Å². The van der Waals surface area contributed by atoms with Gasteiger partial charge in [0.25, 0.3) is 0 Å². The lowest BCUT2D eigenvalue weighted by Gasteiger charge is -2.28. The molecule has 1 aromatic heterocycles. The minimum atomic E-state index is 0.0336. The number of pyridine rings is 1. The Morgan fingerprint density at radius 3 is 2.03 bits per heavy atom. The maximum absolute atomic E-state index is 6.67. The van der Waals surface area contributed by atoms with Crippen LogP contribution in [0, 0.1) is 0 Å². The van der Waals surface area contributed by atoms with Crippen molar-refractivity contribution in [3.05, 3.63) is 90.1 Å². The maximum atomic E-state index is 6.67. The van der Waals surface area contributed by atoms with Crippen LogP contribution in [-0.4, -0.2) is 4.98 Å². The Morgan fingerprint density at radius 2 is 1.30 bits per heavy atom. The first-order valence-corrected chi connectivity index (χ1v) is 13.1. The maximum Gasteiger partial charge on any atom is 0.138 e. The van der Waals surface area contributed by atoms with Crippen LogP contribution in [0.15, 0.2) is 79.0 Å². The third-order valence-electron chi connectivity index (χ3n) is 7.94. The zero-order valence-electron chi connectivity index (χ0n) is 22.4. The van der Waals surface area contributed by atoms with Crippen molar-refractivity contribution in [2.24, 2.45) is 0 Å². The normalized spacial score (nSPS) is 13.4. The molecule has 7 rings (SSSR count). The average Bonchev–Trinajstić information content (AvgIpc) is 2.86. The Morgan fingerprint density at radius 1 is 0.595 bits per heavy atom. The van der Waals surface area contributed by atoms with Gasteiger partial charge in [0.15, 0.2) is 0 Å². The highest BCUT2D eigenvalue weighted by molar-refractivity contribution is 6.22. The number of benzene rings is 5. The van der Waals surface area contributed by atoms with Gasteiger partial charge in [-0.3, -0.25) is 4.98 Å². The summed E-state index contributed by atoms with van der Waals surface area (Å²) in [6.07, 6.45) is 1.95. The first-order valence-electron chi connectivity index (χ1n) is 13.1. The molecule has 0 aliphatic carbocycles. The minimum Gasteiger partial charge on any atom is -0.456 e. The zero-order valence-corrected chi connectivity index (χ0v) is 22.4. The Balaban J connectivity index is 1.61. The van der Waals surface area contributed by atoms with Crippen LogP contribution in [-0.2, 0) is 10.8 Å². The number of rotatable bonds is 0. The van der Waals surface area contributed by atoms with Gasteiger partial charge in [-0.15, -0.1) is 0 Å². The summed E-state index contributed by atoms with van der Waals surface area (Å²) in [7, 11) is 0. The smallest absolute Gasteiger partial charge is 0.138 e. The molecule has 182 valence electrons. The molecular formula is C35H31NO. The van der Waals surface area contributed by atoms with Gasteiger partial charge in [0.2, 0.25) is 0 Å². The van der Waals surface area contributed by atoms with Gasteiger partial charge >= 0.3 is 0 Å². The van der Waals surface area contributed by atoms with Gasteiger partial charge in [0, 0.05) is 11.8 Å². The molecule has 0 fully saturated rings. The molecule has 0 radical (unpaired) electrons. The lowest BCUT2D eigenvalue weighted by molar-refractivity contribution is 0.488. The van der Waals surface area contributed by atoms with Crippen LogP contribution in [0.2, 0.25) is 0 Å². The lowest BCUT2D eigenvalue weighted by Crippen LogP contribution is -2.16. The lowest BCUT2D eigenvalue weighted by atomic mass is 9.77. The average molecular weight is 482 g/mol. The van der Waals surface area contributed by atoms with E-state index in [1.54, 1.807) is 0 Å². The van der Waals surface area contributed by atoms with Gasteiger partial charge in [-0.1, -0.05) is 84.0 Å². The first-order chi connectivity index (χ1) is 17.6. The summed E-state index contributed by atoms with van der Waals surface area (Å²) < 4.78 is 6.67. The Hall–Kier alpha value is -3.91. The highest BCUT2D eigenvalue weighted by Crippen LogP contribution is 2.50. The summed E-state index contributed by atoms with van der Waals surface area (Å²) in [5.74, 6) is 1.76. The fourth-order valence-electron chi connectivity index (χ4n) is 5.93. The van der Waals surface area contributed by atoms with E-state index in [4.69, 9.17) is 9.72 Å². The second kappa shape index (κ2) is 7.32. The van der Waals surface area contributed by atoms with E-state index in [0.29, 0.717) is 0 Å². The number of nitrogens with zero attached hydrogens (tertiary/aromatic N) is 1. The van der Waals surface area contributed by atoms with Gasteiger partial charge < -0.3 is 4.74 Å².